The molecule has 0 amide bonds. The third kappa shape index (κ3) is 1.23. The monoisotopic (exact) mass is 239 g/mol. The second-order valence-electron chi connectivity index (χ2n) is 2.95. The van der Waals surface area contributed by atoms with Crippen LogP contribution in [0.25, 0.3) is 0 Å². The Morgan fingerprint density at radius 2 is 2.44 bits per heavy atom. The molecule has 1 unspecified atom stereocenters. The second kappa shape index (κ2) is 2.07. The predicted octanol–water partition coefficient (Wildman–Crippen LogP) is 0.552. The van der Waals surface area contributed by atoms with Crippen LogP contribution in [-0.4, -0.2) is 29.2 Å². The van der Waals surface area contributed by atoms with Crippen LogP contribution < -0.4 is 5.32 Å². The molecule has 2 aliphatic heterocycles. The molecule has 2 heterocycles. The highest BCUT2D eigenvalue weighted by Crippen LogP contribution is 2.30. The molecule has 0 aromatic rings. The van der Waals surface area contributed by atoms with Crippen LogP contribution in [0.4, 0.5) is 0 Å². The summed E-state index contributed by atoms with van der Waals surface area (Å²) in [4.78, 5) is 0. The number of hydrogen-bond acceptors (Lipinski definition) is 2. The molecule has 2 saturated heterocycles. The molecule has 0 aromatic heterocycles. The van der Waals surface area contributed by atoms with Gasteiger partial charge in [-0.25, -0.2) is 0 Å². The number of nitrogens with one attached hydrogen (secondary N) is 1. The van der Waals surface area contributed by atoms with Gasteiger partial charge in [0.15, 0.2) is 0 Å². The molecule has 0 radical (unpaired) electrons. The minimum atomic E-state index is 0.421. The zero-order chi connectivity index (χ0) is 6.32. The van der Waals surface area contributed by atoms with Crippen LogP contribution in [0.15, 0.2) is 0 Å². The maximum atomic E-state index is 5.39. The lowest BCUT2D eigenvalue weighted by molar-refractivity contribution is 0.0793. The largest absolute Gasteiger partial charge is 0.378 e. The molecule has 1 spiro atoms. The summed E-state index contributed by atoms with van der Waals surface area (Å²) in [6.45, 7) is 3.06. The topological polar surface area (TPSA) is 31.2 Å². The van der Waals surface area contributed by atoms with Crippen molar-refractivity contribution in [2.24, 2.45) is 0 Å². The molecule has 2 fully saturated rings. The highest BCUT2D eigenvalue weighted by molar-refractivity contribution is 14.1. The van der Waals surface area contributed by atoms with Gasteiger partial charge < -0.3 is 10.1 Å². The van der Waals surface area contributed by atoms with Crippen molar-refractivity contribution in [2.75, 3.05) is 19.8 Å². The molecule has 2 atom stereocenters. The molecule has 0 aliphatic carbocycles. The van der Waals surface area contributed by atoms with Gasteiger partial charge in [-0.2, -0.15) is 0 Å². The summed E-state index contributed by atoms with van der Waals surface area (Å²) in [6, 6.07) is 0. The number of rotatable bonds is 0. The third-order valence-electron chi connectivity index (χ3n) is 1.97. The zero-order valence-electron chi connectivity index (χ0n) is 5.19. The zero-order valence-corrected chi connectivity index (χ0v) is 7.35. The third-order valence-corrected chi connectivity index (χ3v) is 2.77. The van der Waals surface area contributed by atoms with Crippen molar-refractivity contribution in [3.05, 3.63) is 0 Å². The van der Waals surface area contributed by atoms with E-state index in [9.17, 15) is 0 Å². The molecular weight excluding hydrogens is 229 g/mol. The van der Waals surface area contributed by atoms with Crippen molar-refractivity contribution in [2.45, 2.75) is 15.9 Å². The lowest BCUT2D eigenvalue weighted by Crippen LogP contribution is -2.34. The Hall–Kier alpha value is 0.650. The van der Waals surface area contributed by atoms with Crippen molar-refractivity contribution < 1.29 is 4.74 Å². The molecule has 2 nitrogen and oxygen atoms in total. The van der Waals surface area contributed by atoms with Crippen molar-refractivity contribution in [3.63, 3.8) is 0 Å². The van der Waals surface area contributed by atoms with Gasteiger partial charge in [0.25, 0.3) is 0 Å². The minimum absolute atomic E-state index is 0.421. The van der Waals surface area contributed by atoms with E-state index in [-0.39, 0.29) is 0 Å². The fraction of sp³-hybridized carbons (Fsp3) is 1.00. The standard InChI is InChI=1S/C6H10INO/c7-5-1-6(3-8-6)4-9-2-5/h5,8H,1-4H2/t5-,6?/m1/s1. The molecule has 2 rings (SSSR count). The molecule has 1 N–H and O–H groups in total. The van der Waals surface area contributed by atoms with Gasteiger partial charge in [-0.1, -0.05) is 22.6 Å². The maximum absolute atomic E-state index is 5.39. The Morgan fingerprint density at radius 1 is 1.67 bits per heavy atom. The van der Waals surface area contributed by atoms with Crippen molar-refractivity contribution in [3.8, 4) is 0 Å². The fourth-order valence-corrected chi connectivity index (χ4v) is 2.39. The predicted molar refractivity (Wildman–Crippen MR) is 44.0 cm³/mol. The van der Waals surface area contributed by atoms with Gasteiger partial charge in [0, 0.05) is 10.5 Å². The Kier molecular flexibility index (Phi) is 1.46. The van der Waals surface area contributed by atoms with E-state index in [1.165, 1.54) is 13.0 Å². The summed E-state index contributed by atoms with van der Waals surface area (Å²) in [5.41, 5.74) is 0.421. The quantitative estimate of drug-likeness (QED) is 0.380. The van der Waals surface area contributed by atoms with Crippen LogP contribution in [0, 0.1) is 0 Å². The van der Waals surface area contributed by atoms with E-state index < -0.39 is 0 Å². The van der Waals surface area contributed by atoms with Gasteiger partial charge in [-0.15, -0.1) is 0 Å². The smallest absolute Gasteiger partial charge is 0.0661 e. The molecule has 52 valence electrons. The summed E-state index contributed by atoms with van der Waals surface area (Å²) < 4.78 is 6.12. The number of halogens is 1. The van der Waals surface area contributed by atoms with Crippen LogP contribution in [0.2, 0.25) is 0 Å². The average molecular weight is 239 g/mol. The SMILES string of the molecule is I[C@H]1COCC2(CN2)C1. The Labute approximate surface area is 68.5 Å². The Bertz CT molecular complexity index is 124. The first kappa shape index (κ1) is 6.37. The molecule has 2 aliphatic rings. The minimum Gasteiger partial charge on any atom is -0.378 e. The van der Waals surface area contributed by atoms with Crippen LogP contribution in [-0.2, 0) is 4.74 Å². The molecular formula is C6H10INO. The molecule has 0 bridgehead atoms. The van der Waals surface area contributed by atoms with E-state index in [0.29, 0.717) is 5.54 Å². The lowest BCUT2D eigenvalue weighted by atomic mass is 10.0. The van der Waals surface area contributed by atoms with Gasteiger partial charge in [-0.3, -0.25) is 0 Å². The molecule has 0 aromatic carbocycles. The first-order chi connectivity index (χ1) is 4.31. The number of hydrogen-bond donors (Lipinski definition) is 1. The van der Waals surface area contributed by atoms with E-state index in [1.54, 1.807) is 0 Å². The van der Waals surface area contributed by atoms with Gasteiger partial charge in [0.1, 0.15) is 0 Å². The van der Waals surface area contributed by atoms with Crippen LogP contribution >= 0.6 is 22.6 Å². The van der Waals surface area contributed by atoms with Gasteiger partial charge >= 0.3 is 0 Å². The summed E-state index contributed by atoms with van der Waals surface area (Å²) in [6.07, 6.45) is 1.30. The van der Waals surface area contributed by atoms with Gasteiger partial charge in [0.2, 0.25) is 0 Å². The maximum Gasteiger partial charge on any atom is 0.0661 e. The van der Waals surface area contributed by atoms with Crippen molar-refractivity contribution in [1.82, 2.24) is 5.32 Å². The average Bonchev–Trinajstić information content (AvgIpc) is 2.49. The van der Waals surface area contributed by atoms with Crippen LogP contribution in [0.3, 0.4) is 0 Å². The van der Waals surface area contributed by atoms with Gasteiger partial charge in [-0.05, 0) is 6.42 Å². The highest BCUT2D eigenvalue weighted by Gasteiger charge is 2.45. The molecule has 0 saturated carbocycles. The van der Waals surface area contributed by atoms with Gasteiger partial charge in [0.05, 0.1) is 18.8 Å². The van der Waals surface area contributed by atoms with E-state index in [2.05, 4.69) is 27.9 Å². The first-order valence-corrected chi connectivity index (χ1v) is 4.52. The summed E-state index contributed by atoms with van der Waals surface area (Å²) in [7, 11) is 0. The molecule has 9 heavy (non-hydrogen) atoms. The number of alkyl halides is 1. The van der Waals surface area contributed by atoms with E-state index in [1.807, 2.05) is 0 Å². The highest BCUT2D eigenvalue weighted by atomic mass is 127. The lowest BCUT2D eigenvalue weighted by Gasteiger charge is -2.24. The summed E-state index contributed by atoms with van der Waals surface area (Å²) >= 11 is 2.46. The summed E-state index contributed by atoms with van der Waals surface area (Å²) in [5.74, 6) is 0. The van der Waals surface area contributed by atoms with E-state index in [4.69, 9.17) is 4.74 Å². The van der Waals surface area contributed by atoms with Crippen molar-refractivity contribution in [1.29, 1.82) is 0 Å². The number of ether oxygens (including phenoxy) is 1. The van der Waals surface area contributed by atoms with E-state index in [0.717, 1.165) is 17.1 Å². The Balaban J connectivity index is 1.96. The molecule has 3 heteroatoms. The normalized spacial score (nSPS) is 49.7. The van der Waals surface area contributed by atoms with Crippen LogP contribution in [0.1, 0.15) is 6.42 Å². The van der Waals surface area contributed by atoms with Crippen LogP contribution in [0.5, 0.6) is 0 Å². The second-order valence-corrected chi connectivity index (χ2v) is 4.71. The fourth-order valence-electron chi connectivity index (χ4n) is 1.30. The summed E-state index contributed by atoms with van der Waals surface area (Å²) in [5, 5.41) is 3.35. The first-order valence-electron chi connectivity index (χ1n) is 3.28. The Morgan fingerprint density at radius 3 is 2.89 bits per heavy atom. The van der Waals surface area contributed by atoms with Crippen molar-refractivity contribution >= 4 is 22.6 Å². The van der Waals surface area contributed by atoms with E-state index >= 15 is 0 Å².